The van der Waals surface area contributed by atoms with E-state index < -0.39 is 0 Å². The number of nitrogens with zero attached hydrogens (tertiary/aromatic N) is 2. The Morgan fingerprint density at radius 1 is 1.70 bits per heavy atom. The number of hydrogen-bond acceptors (Lipinski definition) is 4. The first-order chi connectivity index (χ1) is 4.74. The second kappa shape index (κ2) is 3.00. The van der Waals surface area contributed by atoms with Gasteiger partial charge in [-0.25, -0.2) is 9.97 Å². The van der Waals surface area contributed by atoms with Crippen molar-refractivity contribution in [3.8, 4) is 5.88 Å². The summed E-state index contributed by atoms with van der Waals surface area (Å²) in [4.78, 5) is 7.80. The fourth-order valence-corrected chi connectivity index (χ4v) is 0.836. The highest BCUT2D eigenvalue weighted by Crippen LogP contribution is 2.12. The van der Waals surface area contributed by atoms with Gasteiger partial charge in [0.25, 0.3) is 0 Å². The number of nitrogen functional groups attached to an aromatic ring is 1. The second-order valence-corrected chi connectivity index (χ2v) is 2.61. The van der Waals surface area contributed by atoms with Gasteiger partial charge in [0.1, 0.15) is 3.70 Å². The average Bonchev–Trinajstić information content (AvgIpc) is 1.95. The van der Waals surface area contributed by atoms with E-state index in [2.05, 4.69) is 9.97 Å². The summed E-state index contributed by atoms with van der Waals surface area (Å²) in [6, 6.07) is 0. The van der Waals surface area contributed by atoms with Crippen LogP contribution in [-0.4, -0.2) is 17.1 Å². The first-order valence-corrected chi connectivity index (χ1v) is 3.64. The molecule has 0 aliphatic rings. The van der Waals surface area contributed by atoms with Gasteiger partial charge in [-0.2, -0.15) is 0 Å². The Balaban J connectivity index is 3.04. The number of halogens is 1. The van der Waals surface area contributed by atoms with Crippen molar-refractivity contribution < 1.29 is 4.74 Å². The lowest BCUT2D eigenvalue weighted by atomic mass is 10.7. The van der Waals surface area contributed by atoms with Gasteiger partial charge in [0.05, 0.1) is 13.3 Å². The lowest BCUT2D eigenvalue weighted by molar-refractivity contribution is 0.395. The minimum Gasteiger partial charge on any atom is -0.480 e. The maximum Gasteiger partial charge on any atom is 0.233 e. The summed E-state index contributed by atoms with van der Waals surface area (Å²) in [5.74, 6) is 0.917. The average molecular weight is 251 g/mol. The van der Waals surface area contributed by atoms with Crippen LogP contribution in [0.3, 0.4) is 0 Å². The molecule has 1 aromatic rings. The summed E-state index contributed by atoms with van der Waals surface area (Å²) in [6.07, 6.45) is 1.48. The zero-order valence-corrected chi connectivity index (χ0v) is 7.49. The van der Waals surface area contributed by atoms with Crippen LogP contribution in [0.4, 0.5) is 5.82 Å². The molecule has 0 spiro atoms. The first-order valence-electron chi connectivity index (χ1n) is 2.56. The fraction of sp³-hybridized carbons (Fsp3) is 0.200. The Kier molecular flexibility index (Phi) is 2.25. The highest BCUT2D eigenvalue weighted by molar-refractivity contribution is 14.1. The van der Waals surface area contributed by atoms with E-state index in [1.165, 1.54) is 13.3 Å². The minimum atomic E-state index is 0.432. The third-order valence-electron chi connectivity index (χ3n) is 0.943. The van der Waals surface area contributed by atoms with Crippen molar-refractivity contribution in [2.45, 2.75) is 0 Å². The number of aromatic nitrogens is 2. The summed E-state index contributed by atoms with van der Waals surface area (Å²) < 4.78 is 5.48. The van der Waals surface area contributed by atoms with Gasteiger partial charge in [-0.3, -0.25) is 0 Å². The van der Waals surface area contributed by atoms with E-state index in [1.807, 2.05) is 22.6 Å². The molecule has 0 saturated carbocycles. The Bertz CT molecular complexity index is 240. The minimum absolute atomic E-state index is 0.432. The molecule has 0 atom stereocenters. The van der Waals surface area contributed by atoms with Crippen LogP contribution in [0.25, 0.3) is 0 Å². The molecular weight excluding hydrogens is 245 g/mol. The van der Waals surface area contributed by atoms with Crippen molar-refractivity contribution in [3.63, 3.8) is 0 Å². The van der Waals surface area contributed by atoms with Gasteiger partial charge in [0.15, 0.2) is 5.82 Å². The van der Waals surface area contributed by atoms with E-state index >= 15 is 0 Å². The quantitative estimate of drug-likeness (QED) is 0.745. The molecule has 1 heterocycles. The summed E-state index contributed by atoms with van der Waals surface area (Å²) in [7, 11) is 1.54. The van der Waals surface area contributed by atoms with Gasteiger partial charge >= 0.3 is 0 Å². The molecule has 0 aromatic carbocycles. The predicted octanol–water partition coefficient (Wildman–Crippen LogP) is 0.672. The van der Waals surface area contributed by atoms with Crippen molar-refractivity contribution >= 4 is 28.4 Å². The molecule has 0 unspecified atom stereocenters. The van der Waals surface area contributed by atoms with Crippen LogP contribution in [0.1, 0.15) is 0 Å². The lowest BCUT2D eigenvalue weighted by Gasteiger charge is -1.98. The van der Waals surface area contributed by atoms with Crippen LogP contribution >= 0.6 is 22.6 Å². The zero-order valence-electron chi connectivity index (χ0n) is 5.34. The van der Waals surface area contributed by atoms with Gasteiger partial charge in [0.2, 0.25) is 5.88 Å². The molecule has 4 nitrogen and oxygen atoms in total. The molecule has 0 bridgehead atoms. The maximum atomic E-state index is 5.41. The first kappa shape index (κ1) is 7.52. The standard InChI is InChI=1S/C5H6IN3O/c1-10-3-2-8-5(7)4(6)9-3/h2H,1H3,(H2,7,8). The van der Waals surface area contributed by atoms with Gasteiger partial charge in [-0.1, -0.05) is 0 Å². The molecule has 1 rings (SSSR count). The van der Waals surface area contributed by atoms with Crippen molar-refractivity contribution in [1.82, 2.24) is 9.97 Å². The molecule has 5 heteroatoms. The number of methoxy groups -OCH3 is 1. The van der Waals surface area contributed by atoms with Crippen molar-refractivity contribution in [2.75, 3.05) is 12.8 Å². The Labute approximate surface area is 72.0 Å². The van der Waals surface area contributed by atoms with E-state index in [-0.39, 0.29) is 0 Å². The molecule has 0 fully saturated rings. The molecule has 54 valence electrons. The van der Waals surface area contributed by atoms with Gasteiger partial charge < -0.3 is 10.5 Å². The largest absolute Gasteiger partial charge is 0.480 e. The number of anilines is 1. The Hall–Kier alpha value is -0.590. The van der Waals surface area contributed by atoms with Gasteiger partial charge in [-0.15, -0.1) is 0 Å². The second-order valence-electron chi connectivity index (χ2n) is 1.59. The van der Waals surface area contributed by atoms with Gasteiger partial charge in [-0.05, 0) is 22.6 Å². The number of rotatable bonds is 1. The monoisotopic (exact) mass is 251 g/mol. The van der Waals surface area contributed by atoms with E-state index in [4.69, 9.17) is 10.5 Å². The Morgan fingerprint density at radius 3 is 2.90 bits per heavy atom. The SMILES string of the molecule is COc1cnc(N)c(I)n1. The van der Waals surface area contributed by atoms with Crippen molar-refractivity contribution in [3.05, 3.63) is 9.90 Å². The van der Waals surface area contributed by atoms with E-state index in [9.17, 15) is 0 Å². The number of hydrogen-bond donors (Lipinski definition) is 1. The highest BCUT2D eigenvalue weighted by atomic mass is 127. The summed E-state index contributed by atoms with van der Waals surface area (Å²) >= 11 is 1.99. The van der Waals surface area contributed by atoms with Crippen LogP contribution < -0.4 is 10.5 Å². The number of nitrogens with two attached hydrogens (primary N) is 1. The molecule has 0 amide bonds. The van der Waals surface area contributed by atoms with E-state index in [1.54, 1.807) is 0 Å². The molecular formula is C5H6IN3O. The van der Waals surface area contributed by atoms with Crippen molar-refractivity contribution in [2.24, 2.45) is 0 Å². The third-order valence-corrected chi connectivity index (χ3v) is 1.74. The molecule has 0 saturated heterocycles. The maximum absolute atomic E-state index is 5.41. The highest BCUT2D eigenvalue weighted by Gasteiger charge is 1.98. The predicted molar refractivity (Wildman–Crippen MR) is 45.7 cm³/mol. The van der Waals surface area contributed by atoms with E-state index in [0.29, 0.717) is 15.4 Å². The molecule has 0 radical (unpaired) electrons. The van der Waals surface area contributed by atoms with E-state index in [0.717, 1.165) is 0 Å². The van der Waals surface area contributed by atoms with Crippen LogP contribution in [0.15, 0.2) is 6.20 Å². The van der Waals surface area contributed by atoms with Crippen LogP contribution in [-0.2, 0) is 0 Å². The molecule has 2 N–H and O–H groups in total. The lowest BCUT2D eigenvalue weighted by Crippen LogP contribution is -1.98. The summed E-state index contributed by atoms with van der Waals surface area (Å²) in [6.45, 7) is 0. The van der Waals surface area contributed by atoms with Crippen LogP contribution in [0.5, 0.6) is 5.88 Å². The van der Waals surface area contributed by atoms with Crippen LogP contribution in [0.2, 0.25) is 0 Å². The van der Waals surface area contributed by atoms with Gasteiger partial charge in [0, 0.05) is 0 Å². The smallest absolute Gasteiger partial charge is 0.233 e. The van der Waals surface area contributed by atoms with Crippen molar-refractivity contribution in [1.29, 1.82) is 0 Å². The molecule has 0 aliphatic heterocycles. The molecule has 1 aromatic heterocycles. The fourth-order valence-electron chi connectivity index (χ4n) is 0.459. The molecule has 10 heavy (non-hydrogen) atoms. The number of ether oxygens (including phenoxy) is 1. The molecule has 0 aliphatic carbocycles. The summed E-state index contributed by atoms with van der Waals surface area (Å²) in [5, 5.41) is 0. The Morgan fingerprint density at radius 2 is 2.40 bits per heavy atom. The normalized spacial score (nSPS) is 9.40. The third kappa shape index (κ3) is 1.47. The zero-order chi connectivity index (χ0) is 7.56. The topological polar surface area (TPSA) is 61.0 Å². The summed E-state index contributed by atoms with van der Waals surface area (Å²) in [5.41, 5.74) is 5.41. The van der Waals surface area contributed by atoms with Crippen LogP contribution in [0, 0.1) is 3.70 Å².